The predicted molar refractivity (Wildman–Crippen MR) is 122 cm³/mol. The molecule has 2 aromatic carbocycles. The lowest BCUT2D eigenvalue weighted by molar-refractivity contribution is 0.243. The zero-order valence-electron chi connectivity index (χ0n) is 17.6. The number of hydrogen-bond donors (Lipinski definition) is 1. The Morgan fingerprint density at radius 2 is 2.03 bits per heavy atom. The third kappa shape index (κ3) is 3.62. The van der Waals surface area contributed by atoms with Gasteiger partial charge in [0, 0.05) is 42.8 Å². The van der Waals surface area contributed by atoms with Gasteiger partial charge in [0.25, 0.3) is 0 Å². The third-order valence-electron chi connectivity index (χ3n) is 6.50. The van der Waals surface area contributed by atoms with Crippen LogP contribution in [0.5, 0.6) is 0 Å². The van der Waals surface area contributed by atoms with E-state index in [1.54, 1.807) is 4.57 Å². The van der Waals surface area contributed by atoms with Gasteiger partial charge in [-0.15, -0.1) is 0 Å². The van der Waals surface area contributed by atoms with Crippen molar-refractivity contribution >= 4 is 16.9 Å². The second kappa shape index (κ2) is 8.02. The van der Waals surface area contributed by atoms with E-state index in [1.807, 2.05) is 6.07 Å². The molecule has 2 aliphatic heterocycles. The molecule has 0 aliphatic carbocycles. The van der Waals surface area contributed by atoms with Crippen LogP contribution in [0.15, 0.2) is 66.5 Å². The molecule has 30 heavy (non-hydrogen) atoms. The number of benzene rings is 2. The van der Waals surface area contributed by atoms with Crippen molar-refractivity contribution in [2.24, 2.45) is 0 Å². The van der Waals surface area contributed by atoms with Gasteiger partial charge in [0.15, 0.2) is 0 Å². The number of hydrogen-bond acceptors (Lipinski definition) is 2. The molecule has 0 saturated carbocycles. The van der Waals surface area contributed by atoms with Crippen LogP contribution in [0.25, 0.3) is 10.9 Å². The molecule has 5 rings (SSSR count). The van der Waals surface area contributed by atoms with Crippen molar-refractivity contribution in [2.75, 3.05) is 19.6 Å². The van der Waals surface area contributed by atoms with E-state index in [1.165, 1.54) is 47.2 Å². The number of carbonyl (C=O) groups is 1. The number of allylic oxidation sites excluding steroid dienone is 2. The molecule has 3 heterocycles. The summed E-state index contributed by atoms with van der Waals surface area (Å²) >= 11 is 0. The lowest BCUT2D eigenvalue weighted by Crippen LogP contribution is -2.29. The molecule has 1 aromatic heterocycles. The van der Waals surface area contributed by atoms with Crippen molar-refractivity contribution in [3.8, 4) is 0 Å². The van der Waals surface area contributed by atoms with Crippen LogP contribution in [0.2, 0.25) is 0 Å². The number of para-hydroxylation sites is 1. The number of carbonyl (C=O) groups excluding carboxylic acids is 1. The first kappa shape index (κ1) is 19.0. The summed E-state index contributed by atoms with van der Waals surface area (Å²) in [6, 6.07) is 16.7. The second-order valence-electron chi connectivity index (χ2n) is 8.59. The molecular weight excluding hydrogens is 370 g/mol. The summed E-state index contributed by atoms with van der Waals surface area (Å²) < 4.78 is 1.81. The topological polar surface area (TPSA) is 37.3 Å². The number of aryl methyl sites for hydroxylation is 1. The van der Waals surface area contributed by atoms with E-state index in [-0.39, 0.29) is 6.03 Å². The molecule has 4 nitrogen and oxygen atoms in total. The van der Waals surface area contributed by atoms with Crippen LogP contribution < -0.4 is 5.32 Å². The van der Waals surface area contributed by atoms with Gasteiger partial charge in [-0.25, -0.2) is 4.79 Å². The Kier molecular flexibility index (Phi) is 5.07. The van der Waals surface area contributed by atoms with Crippen LogP contribution in [0.1, 0.15) is 41.9 Å². The van der Waals surface area contributed by atoms with E-state index in [2.05, 4.69) is 71.9 Å². The monoisotopic (exact) mass is 399 g/mol. The molecule has 1 atom stereocenters. The Labute approximate surface area is 178 Å². The summed E-state index contributed by atoms with van der Waals surface area (Å²) in [6.07, 6.45) is 8.92. The molecule has 1 N–H and O–H groups in total. The summed E-state index contributed by atoms with van der Waals surface area (Å²) in [5.41, 5.74) is 6.27. The van der Waals surface area contributed by atoms with Crippen molar-refractivity contribution in [3.05, 3.63) is 83.2 Å². The van der Waals surface area contributed by atoms with Gasteiger partial charge >= 0.3 is 6.03 Å². The van der Waals surface area contributed by atoms with Crippen LogP contribution in [-0.2, 0) is 6.42 Å². The number of aromatic nitrogens is 1. The molecule has 154 valence electrons. The minimum atomic E-state index is -0.0453. The van der Waals surface area contributed by atoms with E-state index in [4.69, 9.17) is 0 Å². The molecule has 1 amide bonds. The fourth-order valence-corrected chi connectivity index (χ4v) is 4.99. The lowest BCUT2D eigenvalue weighted by Gasteiger charge is -2.28. The average Bonchev–Trinajstić information content (AvgIpc) is 3.38. The normalized spacial score (nSPS) is 18.4. The van der Waals surface area contributed by atoms with E-state index < -0.39 is 0 Å². The Morgan fingerprint density at radius 1 is 1.13 bits per heavy atom. The first-order chi connectivity index (χ1) is 14.7. The molecule has 1 saturated heterocycles. The zero-order valence-corrected chi connectivity index (χ0v) is 17.6. The third-order valence-corrected chi connectivity index (χ3v) is 6.50. The summed E-state index contributed by atoms with van der Waals surface area (Å²) in [6.45, 7) is 5.05. The van der Waals surface area contributed by atoms with Gasteiger partial charge in [-0.1, -0.05) is 54.1 Å². The fourth-order valence-electron chi connectivity index (χ4n) is 4.99. The minimum absolute atomic E-state index is 0.0453. The average molecular weight is 400 g/mol. The van der Waals surface area contributed by atoms with Gasteiger partial charge < -0.3 is 10.2 Å². The van der Waals surface area contributed by atoms with Gasteiger partial charge in [0.1, 0.15) is 0 Å². The maximum atomic E-state index is 13.0. The largest absolute Gasteiger partial charge is 0.375 e. The Morgan fingerprint density at radius 3 is 2.93 bits per heavy atom. The second-order valence-corrected chi connectivity index (χ2v) is 8.59. The molecule has 1 fully saturated rings. The Hall–Kier alpha value is -3.01. The summed E-state index contributed by atoms with van der Waals surface area (Å²) in [5, 5.41) is 4.31. The summed E-state index contributed by atoms with van der Waals surface area (Å²) in [7, 11) is 0. The van der Waals surface area contributed by atoms with Crippen molar-refractivity contribution in [3.63, 3.8) is 0 Å². The van der Waals surface area contributed by atoms with Crippen molar-refractivity contribution < 1.29 is 4.79 Å². The molecule has 2 aliphatic rings. The molecule has 3 aromatic rings. The molecule has 4 heteroatoms. The first-order valence-electron chi connectivity index (χ1n) is 11.1. The van der Waals surface area contributed by atoms with Gasteiger partial charge in [-0.05, 0) is 49.8 Å². The number of nitrogens with zero attached hydrogens (tertiary/aromatic N) is 2. The number of nitrogens with one attached hydrogen (secondary N) is 1. The van der Waals surface area contributed by atoms with E-state index in [9.17, 15) is 4.79 Å². The van der Waals surface area contributed by atoms with E-state index in [0.29, 0.717) is 12.5 Å². The Bertz CT molecular complexity index is 1110. The van der Waals surface area contributed by atoms with Crippen LogP contribution in [0, 0.1) is 6.92 Å². The summed E-state index contributed by atoms with van der Waals surface area (Å²) in [4.78, 5) is 15.5. The van der Waals surface area contributed by atoms with E-state index in [0.717, 1.165) is 24.9 Å². The number of fused-ring (bicyclic) bond motifs is 2. The van der Waals surface area contributed by atoms with Crippen LogP contribution in [0.3, 0.4) is 0 Å². The maximum absolute atomic E-state index is 13.0. The highest BCUT2D eigenvalue weighted by Crippen LogP contribution is 2.37. The predicted octanol–water partition coefficient (Wildman–Crippen LogP) is 5.22. The molecule has 1 unspecified atom stereocenters. The van der Waals surface area contributed by atoms with Gasteiger partial charge in [0.05, 0.1) is 5.52 Å². The van der Waals surface area contributed by atoms with E-state index >= 15 is 0 Å². The highest BCUT2D eigenvalue weighted by molar-refractivity contribution is 5.94. The van der Waals surface area contributed by atoms with Gasteiger partial charge in [0.2, 0.25) is 0 Å². The fraction of sp³-hybridized carbons (Fsp3) is 0.346. The standard InChI is InChI=1S/C26H29N3O/c1-19-6-4-7-20(16-19)11-13-27-26(30)29-18-24(23-9-2-3-10-25(23)29)21-12-15-28-14-5-8-22(28)17-21/h2-4,6-7,9-10,16-18,21H,5,8,11-15H2,1H3,(H,27,30). The van der Waals surface area contributed by atoms with Crippen molar-refractivity contribution in [1.29, 1.82) is 0 Å². The smallest absolute Gasteiger partial charge is 0.326 e. The molecular formula is C26H29N3O. The highest BCUT2D eigenvalue weighted by atomic mass is 16.2. The maximum Gasteiger partial charge on any atom is 0.326 e. The van der Waals surface area contributed by atoms with Crippen LogP contribution in [0.4, 0.5) is 4.79 Å². The lowest BCUT2D eigenvalue weighted by atomic mass is 9.91. The van der Waals surface area contributed by atoms with Crippen molar-refractivity contribution in [1.82, 2.24) is 14.8 Å². The SMILES string of the molecule is Cc1cccc(CCNC(=O)n2cc(C3C=C4CCCN4CC3)c3ccccc32)c1. The highest BCUT2D eigenvalue weighted by Gasteiger charge is 2.27. The van der Waals surface area contributed by atoms with Gasteiger partial charge in [-0.3, -0.25) is 4.57 Å². The zero-order chi connectivity index (χ0) is 20.5. The van der Waals surface area contributed by atoms with Crippen molar-refractivity contribution in [2.45, 2.75) is 38.5 Å². The molecule has 0 radical (unpaired) electrons. The molecule has 0 spiro atoms. The summed E-state index contributed by atoms with van der Waals surface area (Å²) in [5.74, 6) is 0.389. The number of amides is 1. The quantitative estimate of drug-likeness (QED) is 0.653. The molecule has 0 bridgehead atoms. The Balaban J connectivity index is 1.37. The van der Waals surface area contributed by atoms with Crippen LogP contribution >= 0.6 is 0 Å². The van der Waals surface area contributed by atoms with Crippen LogP contribution in [-0.4, -0.2) is 35.1 Å². The first-order valence-corrected chi connectivity index (χ1v) is 11.1. The van der Waals surface area contributed by atoms with Gasteiger partial charge in [-0.2, -0.15) is 0 Å². The minimum Gasteiger partial charge on any atom is -0.375 e. The number of rotatable bonds is 4.